The maximum absolute atomic E-state index is 13.9. The van der Waals surface area contributed by atoms with Gasteiger partial charge in [-0.3, -0.25) is 9.59 Å². The Hall–Kier alpha value is -4.55. The molecule has 7 nitrogen and oxygen atoms in total. The summed E-state index contributed by atoms with van der Waals surface area (Å²) in [6.45, 7) is 3.47. The first kappa shape index (κ1) is 27.5. The van der Waals surface area contributed by atoms with Crippen molar-refractivity contribution in [1.29, 1.82) is 5.26 Å². The van der Waals surface area contributed by atoms with E-state index in [0.717, 1.165) is 5.39 Å². The van der Waals surface area contributed by atoms with Crippen LogP contribution in [0.25, 0.3) is 10.8 Å². The van der Waals surface area contributed by atoms with Gasteiger partial charge in [-0.15, -0.1) is 0 Å². The highest BCUT2D eigenvalue weighted by atomic mass is 32.2. The third-order valence-corrected chi connectivity index (χ3v) is 7.58. The van der Waals surface area contributed by atoms with E-state index >= 15 is 0 Å². The molecule has 4 aromatic rings. The molecule has 0 aliphatic carbocycles. The second-order valence-electron chi connectivity index (χ2n) is 9.33. The van der Waals surface area contributed by atoms with Crippen LogP contribution in [0.1, 0.15) is 25.0 Å². The number of anilines is 1. The second kappa shape index (κ2) is 11.5. The topological polar surface area (TPSA) is 107 Å². The van der Waals surface area contributed by atoms with Crippen molar-refractivity contribution in [2.24, 2.45) is 5.92 Å². The fraction of sp³-hybridized carbons (Fsp3) is 0.167. The Labute approximate surface area is 226 Å². The lowest BCUT2D eigenvalue weighted by Gasteiger charge is -2.30. The summed E-state index contributed by atoms with van der Waals surface area (Å²) < 4.78 is 42.1. The van der Waals surface area contributed by atoms with Crippen LogP contribution in [0.2, 0.25) is 0 Å². The lowest BCUT2D eigenvalue weighted by molar-refractivity contribution is -0.132. The standard InChI is InChI=1S/C30H26FN3O4S/c1-20(2)34(26-13-11-25(31)12-14-26)30(36)28(17-21-6-5-7-22(16-21)19-32)29(35)33-39(37,38)27-15-10-23-8-3-4-9-24(23)18-27/h3-16,18,20,28H,17H2,1-2H3,(H,33,35). The normalized spacial score (nSPS) is 12.1. The summed E-state index contributed by atoms with van der Waals surface area (Å²) in [7, 11) is -4.32. The SMILES string of the molecule is CC(C)N(C(=O)C(Cc1cccc(C#N)c1)C(=O)NS(=O)(=O)c1ccc2ccccc2c1)c1ccc(F)cc1. The van der Waals surface area contributed by atoms with Crippen LogP contribution in [-0.4, -0.2) is 26.3 Å². The van der Waals surface area contributed by atoms with Crippen molar-refractivity contribution < 1.29 is 22.4 Å². The Bertz CT molecular complexity index is 1680. The van der Waals surface area contributed by atoms with Crippen LogP contribution in [0.3, 0.4) is 0 Å². The highest BCUT2D eigenvalue weighted by Gasteiger charge is 2.35. The summed E-state index contributed by atoms with van der Waals surface area (Å²) in [5.41, 5.74) is 1.20. The smallest absolute Gasteiger partial charge is 0.264 e. The van der Waals surface area contributed by atoms with Gasteiger partial charge in [0.2, 0.25) is 11.8 Å². The summed E-state index contributed by atoms with van der Waals surface area (Å²) in [4.78, 5) is 28.6. The first-order valence-electron chi connectivity index (χ1n) is 12.2. The maximum atomic E-state index is 13.9. The van der Waals surface area contributed by atoms with Gasteiger partial charge in [0.15, 0.2) is 0 Å². The van der Waals surface area contributed by atoms with E-state index < -0.39 is 39.6 Å². The second-order valence-corrected chi connectivity index (χ2v) is 11.0. The van der Waals surface area contributed by atoms with E-state index in [4.69, 9.17) is 0 Å². The lowest BCUT2D eigenvalue weighted by atomic mass is 9.95. The molecule has 0 radical (unpaired) electrons. The molecule has 0 saturated carbocycles. The molecule has 39 heavy (non-hydrogen) atoms. The van der Waals surface area contributed by atoms with Crippen LogP contribution >= 0.6 is 0 Å². The summed E-state index contributed by atoms with van der Waals surface area (Å²) in [6.07, 6.45) is -0.155. The van der Waals surface area contributed by atoms with Crippen molar-refractivity contribution in [1.82, 2.24) is 4.72 Å². The summed E-state index contributed by atoms with van der Waals surface area (Å²) in [5, 5.41) is 10.8. The Morgan fingerprint density at radius 2 is 1.62 bits per heavy atom. The molecular formula is C30H26FN3O4S. The first-order valence-corrected chi connectivity index (χ1v) is 13.7. The number of carbonyl (C=O) groups excluding carboxylic acids is 2. The molecule has 1 atom stereocenters. The molecule has 4 aromatic carbocycles. The number of nitrogens with one attached hydrogen (secondary N) is 1. The van der Waals surface area contributed by atoms with Crippen LogP contribution < -0.4 is 9.62 Å². The van der Waals surface area contributed by atoms with Crippen LogP contribution in [-0.2, 0) is 26.0 Å². The number of amides is 2. The van der Waals surface area contributed by atoms with Gasteiger partial charge in [-0.2, -0.15) is 5.26 Å². The van der Waals surface area contributed by atoms with Gasteiger partial charge >= 0.3 is 0 Å². The number of nitriles is 1. The van der Waals surface area contributed by atoms with Crippen LogP contribution in [0, 0.1) is 23.1 Å². The largest absolute Gasteiger partial charge is 0.309 e. The number of fused-ring (bicyclic) bond motifs is 1. The van der Waals surface area contributed by atoms with Crippen molar-refractivity contribution >= 4 is 38.3 Å². The van der Waals surface area contributed by atoms with Gasteiger partial charge in [-0.1, -0.05) is 42.5 Å². The van der Waals surface area contributed by atoms with E-state index in [-0.39, 0.29) is 11.3 Å². The van der Waals surface area contributed by atoms with Gasteiger partial charge in [0.25, 0.3) is 10.0 Å². The van der Waals surface area contributed by atoms with Crippen molar-refractivity contribution in [2.45, 2.75) is 31.2 Å². The predicted octanol–water partition coefficient (Wildman–Crippen LogP) is 4.96. The van der Waals surface area contributed by atoms with Crippen molar-refractivity contribution in [3.05, 3.63) is 108 Å². The molecule has 0 saturated heterocycles. The van der Waals surface area contributed by atoms with Crippen LogP contribution in [0.5, 0.6) is 0 Å². The number of hydrogen-bond donors (Lipinski definition) is 1. The molecular weight excluding hydrogens is 517 g/mol. The molecule has 1 N–H and O–H groups in total. The number of nitrogens with zero attached hydrogens (tertiary/aromatic N) is 2. The zero-order valence-electron chi connectivity index (χ0n) is 21.3. The van der Waals surface area contributed by atoms with Crippen molar-refractivity contribution in [3.8, 4) is 6.07 Å². The van der Waals surface area contributed by atoms with Gasteiger partial charge in [-0.05, 0) is 85.1 Å². The highest BCUT2D eigenvalue weighted by Crippen LogP contribution is 2.24. The number of hydrogen-bond acceptors (Lipinski definition) is 5. The van der Waals surface area contributed by atoms with E-state index in [1.807, 2.05) is 18.2 Å². The molecule has 0 bridgehead atoms. The predicted molar refractivity (Wildman–Crippen MR) is 147 cm³/mol. The number of rotatable bonds is 8. The first-order chi connectivity index (χ1) is 18.6. The monoisotopic (exact) mass is 543 g/mol. The van der Waals surface area contributed by atoms with E-state index in [0.29, 0.717) is 22.2 Å². The third-order valence-electron chi connectivity index (χ3n) is 6.24. The molecule has 0 aliphatic heterocycles. The van der Waals surface area contributed by atoms with Gasteiger partial charge in [0.05, 0.1) is 16.5 Å². The summed E-state index contributed by atoms with van der Waals surface area (Å²) >= 11 is 0. The molecule has 0 aliphatic rings. The van der Waals surface area contributed by atoms with Crippen molar-refractivity contribution in [3.63, 3.8) is 0 Å². The zero-order chi connectivity index (χ0) is 28.2. The van der Waals surface area contributed by atoms with Crippen molar-refractivity contribution in [2.75, 3.05) is 4.90 Å². The van der Waals surface area contributed by atoms with Crippen LogP contribution in [0.15, 0.2) is 95.9 Å². The molecule has 198 valence electrons. The Morgan fingerprint density at radius 1 is 0.923 bits per heavy atom. The molecule has 9 heteroatoms. The zero-order valence-corrected chi connectivity index (χ0v) is 22.2. The lowest BCUT2D eigenvalue weighted by Crippen LogP contribution is -2.48. The van der Waals surface area contributed by atoms with Gasteiger partial charge < -0.3 is 4.90 Å². The van der Waals surface area contributed by atoms with Gasteiger partial charge in [0.1, 0.15) is 11.7 Å². The minimum atomic E-state index is -4.32. The van der Waals surface area contributed by atoms with E-state index in [9.17, 15) is 27.7 Å². The molecule has 1 unspecified atom stereocenters. The molecule has 0 heterocycles. The van der Waals surface area contributed by atoms with E-state index in [1.165, 1.54) is 41.3 Å². The van der Waals surface area contributed by atoms with Gasteiger partial charge in [-0.25, -0.2) is 17.5 Å². The number of sulfonamides is 1. The molecule has 0 fully saturated rings. The van der Waals surface area contributed by atoms with Crippen LogP contribution in [0.4, 0.5) is 10.1 Å². The van der Waals surface area contributed by atoms with E-state index in [2.05, 4.69) is 4.72 Å². The Kier molecular flexibility index (Phi) is 8.07. The Balaban J connectivity index is 1.71. The quantitative estimate of drug-likeness (QED) is 0.316. The van der Waals surface area contributed by atoms with Gasteiger partial charge in [0, 0.05) is 11.7 Å². The molecule has 0 aromatic heterocycles. The number of carbonyl (C=O) groups is 2. The molecule has 2 amide bonds. The summed E-state index contributed by atoms with van der Waals surface area (Å²) in [5.74, 6) is -3.62. The fourth-order valence-electron chi connectivity index (χ4n) is 4.34. The summed E-state index contributed by atoms with van der Waals surface area (Å²) in [6, 6.07) is 24.9. The fourth-order valence-corrected chi connectivity index (χ4v) is 5.40. The number of halogens is 1. The maximum Gasteiger partial charge on any atom is 0.264 e. The number of benzene rings is 4. The Morgan fingerprint density at radius 3 is 2.28 bits per heavy atom. The molecule has 0 spiro atoms. The average Bonchev–Trinajstić information content (AvgIpc) is 2.92. The minimum absolute atomic E-state index is 0.119. The highest BCUT2D eigenvalue weighted by molar-refractivity contribution is 7.90. The average molecular weight is 544 g/mol. The minimum Gasteiger partial charge on any atom is -0.309 e. The molecule has 4 rings (SSSR count). The third kappa shape index (κ3) is 6.30. The van der Waals surface area contributed by atoms with E-state index in [1.54, 1.807) is 56.3 Å².